The third-order valence-corrected chi connectivity index (χ3v) is 2.04. The highest BCUT2D eigenvalue weighted by Crippen LogP contribution is 2.04. The molecule has 0 bridgehead atoms. The molecule has 0 aliphatic carbocycles. The van der Waals surface area contributed by atoms with Gasteiger partial charge in [0.2, 0.25) is 0 Å². The molecule has 0 unspecified atom stereocenters. The Kier molecular flexibility index (Phi) is 4.74. The SMILES string of the molecule is O=C(CF)N(CCF)Cc1ccccc1. The summed E-state index contributed by atoms with van der Waals surface area (Å²) in [6, 6.07) is 9.12. The molecule has 1 amide bonds. The van der Waals surface area contributed by atoms with Crippen molar-refractivity contribution in [3.63, 3.8) is 0 Å². The molecule has 0 aliphatic rings. The van der Waals surface area contributed by atoms with Gasteiger partial charge < -0.3 is 4.90 Å². The first-order valence-corrected chi connectivity index (χ1v) is 4.71. The third-order valence-electron chi connectivity index (χ3n) is 2.04. The van der Waals surface area contributed by atoms with Crippen molar-refractivity contribution < 1.29 is 13.6 Å². The quantitative estimate of drug-likeness (QED) is 0.732. The van der Waals surface area contributed by atoms with Crippen molar-refractivity contribution in [3.8, 4) is 0 Å². The van der Waals surface area contributed by atoms with Crippen LogP contribution in [-0.4, -0.2) is 30.7 Å². The summed E-state index contributed by atoms with van der Waals surface area (Å²) in [5.74, 6) is -0.670. The van der Waals surface area contributed by atoms with E-state index in [4.69, 9.17) is 0 Å². The van der Waals surface area contributed by atoms with Gasteiger partial charge in [-0.15, -0.1) is 0 Å². The highest BCUT2D eigenvalue weighted by Gasteiger charge is 2.12. The average Bonchev–Trinajstić information content (AvgIpc) is 2.29. The van der Waals surface area contributed by atoms with Gasteiger partial charge in [-0.3, -0.25) is 4.79 Å². The van der Waals surface area contributed by atoms with E-state index >= 15 is 0 Å². The largest absolute Gasteiger partial charge is 0.333 e. The second-order valence-electron chi connectivity index (χ2n) is 3.12. The number of halogens is 2. The minimum absolute atomic E-state index is 0.0579. The number of benzene rings is 1. The Hall–Kier alpha value is -1.45. The topological polar surface area (TPSA) is 20.3 Å². The fourth-order valence-corrected chi connectivity index (χ4v) is 1.28. The first kappa shape index (κ1) is 11.6. The van der Waals surface area contributed by atoms with Gasteiger partial charge in [0.1, 0.15) is 6.67 Å². The Balaban J connectivity index is 2.62. The van der Waals surface area contributed by atoms with E-state index in [1.165, 1.54) is 4.90 Å². The number of rotatable bonds is 5. The summed E-state index contributed by atoms with van der Waals surface area (Å²) in [4.78, 5) is 12.3. The van der Waals surface area contributed by atoms with E-state index in [0.717, 1.165) is 5.56 Å². The van der Waals surface area contributed by atoms with Gasteiger partial charge in [-0.25, -0.2) is 8.78 Å². The van der Waals surface area contributed by atoms with Crippen LogP contribution < -0.4 is 0 Å². The molecule has 0 heterocycles. The van der Waals surface area contributed by atoms with Crippen molar-refractivity contribution in [1.82, 2.24) is 4.90 Å². The fraction of sp³-hybridized carbons (Fsp3) is 0.364. The fourth-order valence-electron chi connectivity index (χ4n) is 1.28. The summed E-state index contributed by atoms with van der Waals surface area (Å²) in [6.07, 6.45) is 0. The molecule has 1 rings (SSSR count). The Morgan fingerprint density at radius 1 is 1.20 bits per heavy atom. The molecule has 0 radical (unpaired) electrons. The molecule has 1 aromatic carbocycles. The van der Waals surface area contributed by atoms with E-state index in [0.29, 0.717) is 0 Å². The first-order valence-electron chi connectivity index (χ1n) is 4.71. The van der Waals surface area contributed by atoms with Crippen molar-refractivity contribution in [2.75, 3.05) is 19.9 Å². The zero-order valence-corrected chi connectivity index (χ0v) is 8.33. The summed E-state index contributed by atoms with van der Waals surface area (Å²) in [7, 11) is 0. The van der Waals surface area contributed by atoms with E-state index in [1.807, 2.05) is 30.3 Å². The van der Waals surface area contributed by atoms with Gasteiger partial charge >= 0.3 is 0 Å². The molecule has 0 aromatic heterocycles. The lowest BCUT2D eigenvalue weighted by Crippen LogP contribution is -2.33. The molecule has 4 heteroatoms. The van der Waals surface area contributed by atoms with Gasteiger partial charge in [0.05, 0.1) is 0 Å². The highest BCUT2D eigenvalue weighted by molar-refractivity contribution is 5.77. The summed E-state index contributed by atoms with van der Waals surface area (Å²) >= 11 is 0. The van der Waals surface area contributed by atoms with Crippen LogP contribution in [0.3, 0.4) is 0 Å². The van der Waals surface area contributed by atoms with Crippen LogP contribution in [-0.2, 0) is 11.3 Å². The van der Waals surface area contributed by atoms with Gasteiger partial charge in [0.15, 0.2) is 6.67 Å². The van der Waals surface area contributed by atoms with E-state index in [1.54, 1.807) is 0 Å². The van der Waals surface area contributed by atoms with Crippen LogP contribution in [0.5, 0.6) is 0 Å². The molecule has 0 saturated heterocycles. The van der Waals surface area contributed by atoms with Crippen LogP contribution in [0.25, 0.3) is 0 Å². The molecule has 0 fully saturated rings. The van der Waals surface area contributed by atoms with Crippen molar-refractivity contribution in [3.05, 3.63) is 35.9 Å². The zero-order chi connectivity index (χ0) is 11.1. The van der Waals surface area contributed by atoms with Crippen LogP contribution in [0.4, 0.5) is 8.78 Å². The zero-order valence-electron chi connectivity index (χ0n) is 8.33. The first-order chi connectivity index (χ1) is 7.27. The number of amides is 1. The molecule has 0 atom stereocenters. The normalized spacial score (nSPS) is 10.0. The maximum Gasteiger partial charge on any atom is 0.254 e. The van der Waals surface area contributed by atoms with Crippen molar-refractivity contribution in [2.24, 2.45) is 0 Å². The predicted octanol–water partition coefficient (Wildman–Crippen LogP) is 1.95. The summed E-state index contributed by atoms with van der Waals surface area (Å²) < 4.78 is 24.3. The molecule has 0 saturated carbocycles. The van der Waals surface area contributed by atoms with Crippen LogP contribution in [0.15, 0.2) is 30.3 Å². The summed E-state index contributed by atoms with van der Waals surface area (Å²) in [6.45, 7) is -1.53. The van der Waals surface area contributed by atoms with Gasteiger partial charge in [0, 0.05) is 13.1 Å². The molecule has 82 valence electrons. The van der Waals surface area contributed by atoms with Crippen LogP contribution in [0, 0.1) is 0 Å². The highest BCUT2D eigenvalue weighted by atomic mass is 19.1. The number of carbonyl (C=O) groups excluding carboxylic acids is 1. The van der Waals surface area contributed by atoms with E-state index < -0.39 is 19.3 Å². The minimum atomic E-state index is -1.08. The van der Waals surface area contributed by atoms with Gasteiger partial charge in [-0.2, -0.15) is 0 Å². The Bertz CT molecular complexity index is 303. The van der Waals surface area contributed by atoms with Crippen LogP contribution in [0.2, 0.25) is 0 Å². The Labute approximate surface area is 87.5 Å². The molecule has 0 N–H and O–H groups in total. The van der Waals surface area contributed by atoms with Gasteiger partial charge in [-0.05, 0) is 5.56 Å². The lowest BCUT2D eigenvalue weighted by molar-refractivity contribution is -0.132. The average molecular weight is 213 g/mol. The summed E-state index contributed by atoms with van der Waals surface area (Å²) in [5.41, 5.74) is 0.868. The molecule has 0 spiro atoms. The molecule has 2 nitrogen and oxygen atoms in total. The van der Waals surface area contributed by atoms with Crippen molar-refractivity contribution in [2.45, 2.75) is 6.54 Å². The second-order valence-corrected chi connectivity index (χ2v) is 3.12. The number of nitrogens with zero attached hydrogens (tertiary/aromatic N) is 1. The van der Waals surface area contributed by atoms with Crippen molar-refractivity contribution >= 4 is 5.91 Å². The number of hydrogen-bond acceptors (Lipinski definition) is 1. The standard InChI is InChI=1S/C11H13F2NO/c12-6-7-14(11(15)8-13)9-10-4-2-1-3-5-10/h1-5H,6-9H2. The third kappa shape index (κ3) is 3.65. The smallest absolute Gasteiger partial charge is 0.254 e. The van der Waals surface area contributed by atoms with E-state index in [9.17, 15) is 13.6 Å². The van der Waals surface area contributed by atoms with E-state index in [2.05, 4.69) is 0 Å². The molecule has 0 aliphatic heterocycles. The van der Waals surface area contributed by atoms with Crippen LogP contribution >= 0.6 is 0 Å². The predicted molar refractivity (Wildman–Crippen MR) is 53.8 cm³/mol. The van der Waals surface area contributed by atoms with Crippen molar-refractivity contribution in [1.29, 1.82) is 0 Å². The number of hydrogen-bond donors (Lipinski definition) is 0. The molecule has 15 heavy (non-hydrogen) atoms. The van der Waals surface area contributed by atoms with Gasteiger partial charge in [0.25, 0.3) is 5.91 Å². The Morgan fingerprint density at radius 2 is 1.87 bits per heavy atom. The number of carbonyl (C=O) groups is 1. The molecule has 1 aromatic rings. The maximum atomic E-state index is 12.1. The monoisotopic (exact) mass is 213 g/mol. The molecular weight excluding hydrogens is 200 g/mol. The minimum Gasteiger partial charge on any atom is -0.333 e. The van der Waals surface area contributed by atoms with E-state index in [-0.39, 0.29) is 13.1 Å². The Morgan fingerprint density at radius 3 is 2.40 bits per heavy atom. The number of alkyl halides is 2. The lowest BCUT2D eigenvalue weighted by Gasteiger charge is -2.19. The summed E-state index contributed by atoms with van der Waals surface area (Å²) in [5, 5.41) is 0. The van der Waals surface area contributed by atoms with Crippen LogP contribution in [0.1, 0.15) is 5.56 Å². The maximum absolute atomic E-state index is 12.1. The molecular formula is C11H13F2NO. The van der Waals surface area contributed by atoms with Gasteiger partial charge in [-0.1, -0.05) is 30.3 Å². The second kappa shape index (κ2) is 6.11. The lowest BCUT2D eigenvalue weighted by atomic mass is 10.2.